The first-order chi connectivity index (χ1) is 7.75. The van der Waals surface area contributed by atoms with Gasteiger partial charge in [0.25, 0.3) is 0 Å². The standard InChI is InChI=1S/C13H22N2O/c1-15(9-11-6-7-14-8-11)10-12-4-2-3-5-13(12)16/h6-8,12-14,16H,2-5,9-10H2,1H3. The number of H-pyrrole nitrogens is 1. The van der Waals surface area contributed by atoms with Gasteiger partial charge in [-0.1, -0.05) is 12.8 Å². The van der Waals surface area contributed by atoms with Gasteiger partial charge in [-0.3, -0.25) is 0 Å². The third-order valence-corrected chi connectivity index (χ3v) is 3.53. The minimum atomic E-state index is -0.0811. The van der Waals surface area contributed by atoms with Gasteiger partial charge in [0.05, 0.1) is 6.10 Å². The van der Waals surface area contributed by atoms with E-state index in [1.54, 1.807) is 0 Å². The Balaban J connectivity index is 1.79. The van der Waals surface area contributed by atoms with Crippen LogP contribution in [0.3, 0.4) is 0 Å². The van der Waals surface area contributed by atoms with Crippen molar-refractivity contribution in [3.63, 3.8) is 0 Å². The largest absolute Gasteiger partial charge is 0.393 e. The predicted octanol–water partition coefficient (Wildman–Crippen LogP) is 2.00. The van der Waals surface area contributed by atoms with Gasteiger partial charge in [-0.05, 0) is 37.4 Å². The van der Waals surface area contributed by atoms with E-state index in [1.807, 2.05) is 12.4 Å². The van der Waals surface area contributed by atoms with Crippen molar-refractivity contribution in [1.82, 2.24) is 9.88 Å². The Bertz CT molecular complexity index is 297. The molecular formula is C13H22N2O. The monoisotopic (exact) mass is 222 g/mol. The Morgan fingerprint density at radius 2 is 2.25 bits per heavy atom. The van der Waals surface area contributed by atoms with E-state index in [0.717, 1.165) is 19.5 Å². The van der Waals surface area contributed by atoms with Crippen LogP contribution in [0, 0.1) is 5.92 Å². The topological polar surface area (TPSA) is 39.3 Å². The summed E-state index contributed by atoms with van der Waals surface area (Å²) in [5.41, 5.74) is 1.31. The van der Waals surface area contributed by atoms with Crippen LogP contribution in [0.15, 0.2) is 18.5 Å². The number of hydrogen-bond acceptors (Lipinski definition) is 2. The van der Waals surface area contributed by atoms with Crippen LogP contribution in [0.25, 0.3) is 0 Å². The molecule has 90 valence electrons. The fourth-order valence-electron chi connectivity index (χ4n) is 2.63. The molecule has 0 aliphatic heterocycles. The SMILES string of the molecule is CN(Cc1cc[nH]c1)CC1CCCCC1O. The summed E-state index contributed by atoms with van der Waals surface area (Å²) in [6.45, 7) is 1.97. The zero-order chi connectivity index (χ0) is 11.4. The molecule has 2 rings (SSSR count). The smallest absolute Gasteiger partial charge is 0.0580 e. The van der Waals surface area contributed by atoms with E-state index in [2.05, 4.69) is 23.0 Å². The van der Waals surface area contributed by atoms with Crippen LogP contribution in [0.2, 0.25) is 0 Å². The molecule has 2 N–H and O–H groups in total. The number of aromatic amines is 1. The first-order valence-corrected chi connectivity index (χ1v) is 6.24. The lowest BCUT2D eigenvalue weighted by Gasteiger charge is -2.31. The number of nitrogens with zero attached hydrogens (tertiary/aromatic N) is 1. The van der Waals surface area contributed by atoms with Crippen LogP contribution in [0.1, 0.15) is 31.2 Å². The van der Waals surface area contributed by atoms with E-state index in [1.165, 1.54) is 24.8 Å². The molecule has 1 saturated carbocycles. The average molecular weight is 222 g/mol. The van der Waals surface area contributed by atoms with Crippen molar-refractivity contribution in [2.45, 2.75) is 38.3 Å². The highest BCUT2D eigenvalue weighted by molar-refractivity contribution is 5.07. The summed E-state index contributed by atoms with van der Waals surface area (Å²) in [4.78, 5) is 5.38. The van der Waals surface area contributed by atoms with Gasteiger partial charge in [0.15, 0.2) is 0 Å². The van der Waals surface area contributed by atoms with Gasteiger partial charge >= 0.3 is 0 Å². The molecule has 0 amide bonds. The molecule has 2 unspecified atom stereocenters. The van der Waals surface area contributed by atoms with Gasteiger partial charge in [0.1, 0.15) is 0 Å². The van der Waals surface area contributed by atoms with Crippen molar-refractivity contribution in [2.24, 2.45) is 5.92 Å². The van der Waals surface area contributed by atoms with Gasteiger partial charge in [-0.2, -0.15) is 0 Å². The van der Waals surface area contributed by atoms with Gasteiger partial charge in [0.2, 0.25) is 0 Å². The summed E-state index contributed by atoms with van der Waals surface area (Å²) >= 11 is 0. The molecule has 0 bridgehead atoms. The number of aliphatic hydroxyl groups excluding tert-OH is 1. The fourth-order valence-corrected chi connectivity index (χ4v) is 2.63. The predicted molar refractivity (Wildman–Crippen MR) is 65.1 cm³/mol. The second-order valence-electron chi connectivity index (χ2n) is 5.03. The Kier molecular flexibility index (Phi) is 4.02. The van der Waals surface area contributed by atoms with Crippen LogP contribution >= 0.6 is 0 Å². The van der Waals surface area contributed by atoms with E-state index in [0.29, 0.717) is 5.92 Å². The van der Waals surface area contributed by atoms with Crippen LogP contribution in [-0.4, -0.2) is 34.7 Å². The minimum absolute atomic E-state index is 0.0811. The lowest BCUT2D eigenvalue weighted by molar-refractivity contribution is 0.0502. The van der Waals surface area contributed by atoms with Crippen LogP contribution in [0.4, 0.5) is 0 Å². The third-order valence-electron chi connectivity index (χ3n) is 3.53. The highest BCUT2D eigenvalue weighted by Gasteiger charge is 2.23. The molecule has 0 spiro atoms. The second kappa shape index (κ2) is 5.51. The molecule has 1 aliphatic rings. The van der Waals surface area contributed by atoms with Gasteiger partial charge < -0.3 is 15.0 Å². The van der Waals surface area contributed by atoms with Crippen molar-refractivity contribution in [2.75, 3.05) is 13.6 Å². The molecule has 3 heteroatoms. The van der Waals surface area contributed by atoms with Crippen molar-refractivity contribution >= 4 is 0 Å². The summed E-state index contributed by atoms with van der Waals surface area (Å²) < 4.78 is 0. The minimum Gasteiger partial charge on any atom is -0.393 e. The number of aromatic nitrogens is 1. The highest BCUT2D eigenvalue weighted by atomic mass is 16.3. The lowest BCUT2D eigenvalue weighted by Crippen LogP contribution is -2.34. The van der Waals surface area contributed by atoms with E-state index in [4.69, 9.17) is 0 Å². The number of rotatable bonds is 4. The fraction of sp³-hybridized carbons (Fsp3) is 0.692. The molecule has 1 heterocycles. The Labute approximate surface area is 97.5 Å². The van der Waals surface area contributed by atoms with Gasteiger partial charge in [-0.25, -0.2) is 0 Å². The molecule has 1 aromatic rings. The Morgan fingerprint density at radius 3 is 2.94 bits per heavy atom. The lowest BCUT2D eigenvalue weighted by atomic mass is 9.86. The molecule has 0 saturated heterocycles. The molecular weight excluding hydrogens is 200 g/mol. The number of nitrogens with one attached hydrogen (secondary N) is 1. The first-order valence-electron chi connectivity index (χ1n) is 6.24. The Hall–Kier alpha value is -0.800. The molecule has 2 atom stereocenters. The zero-order valence-corrected chi connectivity index (χ0v) is 10.0. The number of aliphatic hydroxyl groups is 1. The maximum atomic E-state index is 9.91. The molecule has 3 nitrogen and oxygen atoms in total. The van der Waals surface area contributed by atoms with Crippen LogP contribution in [0.5, 0.6) is 0 Å². The molecule has 0 radical (unpaired) electrons. The van der Waals surface area contributed by atoms with Gasteiger partial charge in [0, 0.05) is 25.5 Å². The third kappa shape index (κ3) is 3.09. The quantitative estimate of drug-likeness (QED) is 0.818. The first kappa shape index (κ1) is 11.7. The van der Waals surface area contributed by atoms with E-state index >= 15 is 0 Å². The van der Waals surface area contributed by atoms with E-state index in [9.17, 15) is 5.11 Å². The number of hydrogen-bond donors (Lipinski definition) is 2. The van der Waals surface area contributed by atoms with Crippen molar-refractivity contribution in [3.8, 4) is 0 Å². The van der Waals surface area contributed by atoms with E-state index in [-0.39, 0.29) is 6.10 Å². The summed E-state index contributed by atoms with van der Waals surface area (Å²) in [6.07, 6.45) is 8.55. The van der Waals surface area contributed by atoms with Crippen molar-refractivity contribution in [3.05, 3.63) is 24.0 Å². The summed E-state index contributed by atoms with van der Waals surface area (Å²) in [5.74, 6) is 0.470. The van der Waals surface area contributed by atoms with Crippen LogP contribution < -0.4 is 0 Å². The van der Waals surface area contributed by atoms with Gasteiger partial charge in [-0.15, -0.1) is 0 Å². The zero-order valence-electron chi connectivity index (χ0n) is 10.0. The maximum Gasteiger partial charge on any atom is 0.0580 e. The van der Waals surface area contributed by atoms with Crippen LogP contribution in [-0.2, 0) is 6.54 Å². The summed E-state index contributed by atoms with van der Waals surface area (Å²) in [5, 5.41) is 9.91. The molecule has 1 aromatic heterocycles. The molecule has 1 fully saturated rings. The second-order valence-corrected chi connectivity index (χ2v) is 5.03. The normalized spacial score (nSPS) is 26.2. The Morgan fingerprint density at radius 1 is 1.44 bits per heavy atom. The average Bonchev–Trinajstić information content (AvgIpc) is 2.74. The maximum absolute atomic E-state index is 9.91. The van der Waals surface area contributed by atoms with E-state index < -0.39 is 0 Å². The molecule has 0 aromatic carbocycles. The molecule has 16 heavy (non-hydrogen) atoms. The highest BCUT2D eigenvalue weighted by Crippen LogP contribution is 2.25. The van der Waals surface area contributed by atoms with Crippen molar-refractivity contribution < 1.29 is 5.11 Å². The van der Waals surface area contributed by atoms with Crippen molar-refractivity contribution in [1.29, 1.82) is 0 Å². The summed E-state index contributed by atoms with van der Waals surface area (Å²) in [7, 11) is 2.13. The molecule has 1 aliphatic carbocycles. The summed E-state index contributed by atoms with van der Waals surface area (Å²) in [6, 6.07) is 2.10.